The van der Waals surface area contributed by atoms with E-state index in [1.165, 1.54) is 12.0 Å². The fourth-order valence-electron chi connectivity index (χ4n) is 3.45. The highest BCUT2D eigenvalue weighted by Crippen LogP contribution is 2.39. The van der Waals surface area contributed by atoms with Crippen molar-refractivity contribution in [3.8, 4) is 11.5 Å². The summed E-state index contributed by atoms with van der Waals surface area (Å²) in [4.78, 5) is 27.1. The molecule has 0 aliphatic carbocycles. The number of ether oxygens (including phenoxy) is 3. The molecule has 0 unspecified atom stereocenters. The second-order valence-corrected chi connectivity index (χ2v) is 6.88. The quantitative estimate of drug-likeness (QED) is 0.288. The van der Waals surface area contributed by atoms with Crippen molar-refractivity contribution in [2.24, 2.45) is 0 Å². The van der Waals surface area contributed by atoms with E-state index in [4.69, 9.17) is 14.2 Å². The van der Waals surface area contributed by atoms with Crippen LogP contribution in [0, 0.1) is 0 Å². The van der Waals surface area contributed by atoms with Gasteiger partial charge in [-0.1, -0.05) is 24.8 Å². The Morgan fingerprint density at radius 2 is 1.71 bits per heavy atom. The largest absolute Gasteiger partial charge is 0.507 e. The Kier molecular flexibility index (Phi) is 7.10. The number of ketones is 1. The van der Waals surface area contributed by atoms with Gasteiger partial charge in [0.05, 0.1) is 25.3 Å². The predicted molar refractivity (Wildman–Crippen MR) is 116 cm³/mol. The van der Waals surface area contributed by atoms with Crippen LogP contribution in [0.25, 0.3) is 5.76 Å². The molecule has 31 heavy (non-hydrogen) atoms. The van der Waals surface area contributed by atoms with Crippen LogP contribution < -0.4 is 9.47 Å². The minimum Gasteiger partial charge on any atom is -0.507 e. The number of amides is 1. The molecule has 2 aromatic rings. The topological polar surface area (TPSA) is 85.3 Å². The van der Waals surface area contributed by atoms with Gasteiger partial charge in [-0.05, 0) is 42.0 Å². The van der Waals surface area contributed by atoms with Crippen LogP contribution in [0.3, 0.4) is 0 Å². The standard InChI is InChI=1S/C24H25NO6/c1-4-14-31-19-11-7-17(8-12-19)22(26)20-21(16-5-9-18(30-3)10-6-16)25(13-15-29-2)24(28)23(20)27/h4-12,21,26H,1,13-15H2,2-3H3/t21-/m0/s1. The van der Waals surface area contributed by atoms with E-state index < -0.39 is 17.7 Å². The molecule has 1 aliphatic heterocycles. The van der Waals surface area contributed by atoms with Crippen molar-refractivity contribution >= 4 is 17.4 Å². The molecule has 2 aromatic carbocycles. The van der Waals surface area contributed by atoms with Gasteiger partial charge in [-0.15, -0.1) is 0 Å². The van der Waals surface area contributed by atoms with Crippen molar-refractivity contribution in [3.63, 3.8) is 0 Å². The maximum atomic E-state index is 12.9. The molecule has 0 bridgehead atoms. The summed E-state index contributed by atoms with van der Waals surface area (Å²) in [6.45, 7) is 4.43. The van der Waals surface area contributed by atoms with Gasteiger partial charge in [0.15, 0.2) is 0 Å². The van der Waals surface area contributed by atoms with E-state index in [9.17, 15) is 14.7 Å². The molecule has 1 heterocycles. The Morgan fingerprint density at radius 1 is 1.06 bits per heavy atom. The van der Waals surface area contributed by atoms with Crippen molar-refractivity contribution in [1.29, 1.82) is 0 Å². The van der Waals surface area contributed by atoms with Gasteiger partial charge in [0.2, 0.25) is 0 Å². The third-order valence-electron chi connectivity index (χ3n) is 5.00. The number of carbonyl (C=O) groups is 2. The molecule has 1 atom stereocenters. The van der Waals surface area contributed by atoms with E-state index in [0.29, 0.717) is 29.2 Å². The lowest BCUT2D eigenvalue weighted by atomic mass is 9.95. The van der Waals surface area contributed by atoms with Crippen LogP contribution in [0.5, 0.6) is 11.5 Å². The first-order valence-corrected chi connectivity index (χ1v) is 9.77. The summed E-state index contributed by atoms with van der Waals surface area (Å²) < 4.78 is 15.8. The number of Topliss-reactive ketones (excluding diaryl/α,β-unsaturated/α-hetero) is 1. The van der Waals surface area contributed by atoms with E-state index in [1.54, 1.807) is 61.7 Å². The number of benzene rings is 2. The maximum Gasteiger partial charge on any atom is 0.295 e. The SMILES string of the molecule is C=CCOc1ccc(C(O)=C2C(=O)C(=O)N(CCOC)[C@H]2c2ccc(OC)cc2)cc1. The Labute approximate surface area is 181 Å². The van der Waals surface area contributed by atoms with Crippen molar-refractivity contribution in [1.82, 2.24) is 4.90 Å². The van der Waals surface area contributed by atoms with Gasteiger partial charge in [-0.25, -0.2) is 0 Å². The van der Waals surface area contributed by atoms with Crippen LogP contribution in [0.1, 0.15) is 17.2 Å². The molecule has 1 amide bonds. The lowest BCUT2D eigenvalue weighted by Gasteiger charge is -2.25. The summed E-state index contributed by atoms with van der Waals surface area (Å²) in [6.07, 6.45) is 1.63. The molecule has 1 saturated heterocycles. The van der Waals surface area contributed by atoms with Gasteiger partial charge in [0, 0.05) is 19.2 Å². The number of aliphatic hydroxyl groups is 1. The molecule has 0 radical (unpaired) electrons. The number of hydrogen-bond acceptors (Lipinski definition) is 6. The van der Waals surface area contributed by atoms with E-state index in [-0.39, 0.29) is 24.5 Å². The smallest absolute Gasteiger partial charge is 0.295 e. The van der Waals surface area contributed by atoms with Crippen LogP contribution in [-0.4, -0.2) is 55.7 Å². The van der Waals surface area contributed by atoms with Gasteiger partial charge < -0.3 is 24.2 Å². The number of carbonyl (C=O) groups excluding carboxylic acids is 2. The second-order valence-electron chi connectivity index (χ2n) is 6.88. The Morgan fingerprint density at radius 3 is 2.29 bits per heavy atom. The first kappa shape index (κ1) is 22.1. The van der Waals surface area contributed by atoms with Crippen molar-refractivity contribution in [2.45, 2.75) is 6.04 Å². The summed E-state index contributed by atoms with van der Waals surface area (Å²) in [6, 6.07) is 12.9. The van der Waals surface area contributed by atoms with Crippen molar-refractivity contribution < 1.29 is 28.9 Å². The number of methoxy groups -OCH3 is 2. The first-order valence-electron chi connectivity index (χ1n) is 9.77. The highest BCUT2D eigenvalue weighted by molar-refractivity contribution is 6.46. The van der Waals surface area contributed by atoms with Crippen LogP contribution in [-0.2, 0) is 14.3 Å². The van der Waals surface area contributed by atoms with Crippen molar-refractivity contribution in [2.75, 3.05) is 34.0 Å². The average molecular weight is 423 g/mol. The maximum absolute atomic E-state index is 12.9. The molecule has 0 spiro atoms. The minimum absolute atomic E-state index is 0.0334. The van der Waals surface area contributed by atoms with Gasteiger partial charge in [0.25, 0.3) is 11.7 Å². The zero-order valence-corrected chi connectivity index (χ0v) is 17.5. The number of hydrogen-bond donors (Lipinski definition) is 1. The summed E-state index contributed by atoms with van der Waals surface area (Å²) >= 11 is 0. The van der Waals surface area contributed by atoms with E-state index in [1.807, 2.05) is 0 Å². The molecular weight excluding hydrogens is 398 g/mol. The number of aliphatic hydroxyl groups excluding tert-OH is 1. The molecular formula is C24H25NO6. The fourth-order valence-corrected chi connectivity index (χ4v) is 3.45. The van der Waals surface area contributed by atoms with Gasteiger partial charge in [-0.2, -0.15) is 0 Å². The van der Waals surface area contributed by atoms with Crippen molar-refractivity contribution in [3.05, 3.63) is 77.9 Å². The third kappa shape index (κ3) is 4.62. The van der Waals surface area contributed by atoms with E-state index in [0.717, 1.165) is 0 Å². The normalized spacial score (nSPS) is 17.6. The summed E-state index contributed by atoms with van der Waals surface area (Å²) in [5.74, 6) is -0.405. The molecule has 7 nitrogen and oxygen atoms in total. The molecule has 7 heteroatoms. The van der Waals surface area contributed by atoms with Crippen LogP contribution in [0.15, 0.2) is 66.8 Å². The van der Waals surface area contributed by atoms with Gasteiger partial charge >= 0.3 is 0 Å². The minimum atomic E-state index is -0.738. The molecule has 0 saturated carbocycles. The van der Waals surface area contributed by atoms with Gasteiger partial charge in [-0.3, -0.25) is 9.59 Å². The molecule has 3 rings (SSSR count). The lowest BCUT2D eigenvalue weighted by Crippen LogP contribution is -2.32. The average Bonchev–Trinajstić information content (AvgIpc) is 3.06. The molecule has 0 aromatic heterocycles. The zero-order valence-electron chi connectivity index (χ0n) is 17.5. The summed E-state index contributed by atoms with van der Waals surface area (Å²) in [5.41, 5.74) is 1.13. The number of nitrogens with zero attached hydrogens (tertiary/aromatic N) is 1. The monoisotopic (exact) mass is 423 g/mol. The van der Waals surface area contributed by atoms with Crippen LogP contribution >= 0.6 is 0 Å². The van der Waals surface area contributed by atoms with Crippen LogP contribution in [0.4, 0.5) is 0 Å². The lowest BCUT2D eigenvalue weighted by molar-refractivity contribution is -0.140. The number of rotatable bonds is 9. The second kappa shape index (κ2) is 9.95. The Hall–Kier alpha value is -3.58. The predicted octanol–water partition coefficient (Wildman–Crippen LogP) is 3.33. The van der Waals surface area contributed by atoms with Crippen LogP contribution in [0.2, 0.25) is 0 Å². The zero-order chi connectivity index (χ0) is 22.4. The fraction of sp³-hybridized carbons (Fsp3) is 0.250. The molecule has 1 aliphatic rings. The highest BCUT2D eigenvalue weighted by Gasteiger charge is 2.45. The summed E-state index contributed by atoms with van der Waals surface area (Å²) in [7, 11) is 3.08. The Balaban J connectivity index is 2.05. The highest BCUT2D eigenvalue weighted by atomic mass is 16.5. The molecule has 1 N–H and O–H groups in total. The molecule has 1 fully saturated rings. The molecule has 162 valence electrons. The van der Waals surface area contributed by atoms with Gasteiger partial charge in [0.1, 0.15) is 23.9 Å². The Bertz CT molecular complexity index is 978. The number of likely N-dealkylation sites (tertiary alicyclic amines) is 1. The first-order chi connectivity index (χ1) is 15.0. The van der Waals surface area contributed by atoms with E-state index >= 15 is 0 Å². The third-order valence-corrected chi connectivity index (χ3v) is 5.00. The summed E-state index contributed by atoms with van der Waals surface area (Å²) in [5, 5.41) is 11.0. The van der Waals surface area contributed by atoms with E-state index in [2.05, 4.69) is 6.58 Å².